The van der Waals surface area contributed by atoms with E-state index in [0.717, 1.165) is 25.7 Å². The molecule has 7 nitrogen and oxygen atoms in total. The minimum Gasteiger partial charge on any atom is -0.356 e. The molecule has 2 heterocycles. The fraction of sp³-hybridized carbons (Fsp3) is 0.545. The van der Waals surface area contributed by atoms with Gasteiger partial charge in [-0.3, -0.25) is 0 Å². The molecule has 2 amide bonds. The first-order valence-electron chi connectivity index (χ1n) is 10.7. The van der Waals surface area contributed by atoms with Gasteiger partial charge in [-0.05, 0) is 50.7 Å². The topological polar surface area (TPSA) is 90.9 Å². The molecule has 0 spiro atoms. The molecule has 0 radical (unpaired) electrons. The third-order valence-electron chi connectivity index (χ3n) is 5.88. The Balaban J connectivity index is 1.68. The molecule has 8 heteroatoms. The largest absolute Gasteiger partial charge is 0.356 e. The van der Waals surface area contributed by atoms with Crippen LogP contribution in [-0.2, 0) is 16.4 Å². The predicted octanol–water partition coefficient (Wildman–Crippen LogP) is 3.28. The maximum Gasteiger partial charge on any atom is 0.315 e. The summed E-state index contributed by atoms with van der Waals surface area (Å²) in [4.78, 5) is 14.4. The van der Waals surface area contributed by atoms with E-state index in [1.165, 1.54) is 5.56 Å². The summed E-state index contributed by atoms with van der Waals surface area (Å²) in [5.74, 6) is 0.534. The Morgan fingerprint density at radius 2 is 1.83 bits per heavy atom. The van der Waals surface area contributed by atoms with Crippen LogP contribution in [0, 0.1) is 0 Å². The highest BCUT2D eigenvalue weighted by atomic mass is 32.2. The zero-order chi connectivity index (χ0) is 21.9. The molecule has 1 fully saturated rings. The number of carbonyl (C=O) groups excluding carboxylic acids is 1. The molecule has 0 aliphatic carbocycles. The van der Waals surface area contributed by atoms with Gasteiger partial charge in [-0.25, -0.2) is 4.79 Å². The van der Waals surface area contributed by atoms with Crippen molar-refractivity contribution in [3.63, 3.8) is 0 Å². The second-order valence-corrected chi connectivity index (χ2v) is 9.62. The first kappa shape index (κ1) is 22.3. The lowest BCUT2D eigenvalue weighted by Crippen LogP contribution is -2.50. The van der Waals surface area contributed by atoms with Crippen LogP contribution < -0.4 is 10.6 Å². The Labute approximate surface area is 179 Å². The van der Waals surface area contributed by atoms with E-state index in [1.54, 1.807) is 0 Å². The minimum atomic E-state index is -3.71. The van der Waals surface area contributed by atoms with Gasteiger partial charge in [0.1, 0.15) is 10.7 Å². The van der Waals surface area contributed by atoms with Gasteiger partial charge in [0, 0.05) is 30.7 Å². The fourth-order valence-corrected chi connectivity index (χ4v) is 5.35. The number of hydrogen-bond donors (Lipinski definition) is 2. The average molecular weight is 433 g/mol. The van der Waals surface area contributed by atoms with Crippen molar-refractivity contribution in [2.24, 2.45) is 4.40 Å². The molecule has 1 atom stereocenters. The molecule has 0 bridgehead atoms. The van der Waals surface area contributed by atoms with Crippen molar-refractivity contribution < 1.29 is 13.2 Å². The van der Waals surface area contributed by atoms with Crippen molar-refractivity contribution in [2.75, 3.05) is 13.1 Å². The number of nitrogens with one attached hydrogen (secondary N) is 2. The monoisotopic (exact) mass is 432 g/mol. The van der Waals surface area contributed by atoms with E-state index in [-0.39, 0.29) is 18.1 Å². The molecule has 1 aromatic rings. The van der Waals surface area contributed by atoms with Gasteiger partial charge < -0.3 is 15.5 Å². The van der Waals surface area contributed by atoms with Gasteiger partial charge >= 0.3 is 6.03 Å². The number of benzene rings is 1. The van der Waals surface area contributed by atoms with Gasteiger partial charge in [-0.15, -0.1) is 4.40 Å². The van der Waals surface area contributed by atoms with Crippen LogP contribution in [0.2, 0.25) is 0 Å². The summed E-state index contributed by atoms with van der Waals surface area (Å²) in [7, 11) is -3.71. The van der Waals surface area contributed by atoms with Gasteiger partial charge in [0.15, 0.2) is 0 Å². The van der Waals surface area contributed by atoms with Crippen LogP contribution in [0.4, 0.5) is 4.79 Å². The third kappa shape index (κ3) is 4.86. The quantitative estimate of drug-likeness (QED) is 0.747. The number of likely N-dealkylation sites (tertiary alicyclic amines) is 1. The van der Waals surface area contributed by atoms with E-state index in [0.29, 0.717) is 35.0 Å². The standard InChI is InChI=1S/C22H32N4O3S/c1-5-15(3)23-22(27)24-19-11-13-26(14-12-19)21-16(4)20(30(28,29)25-21)18-9-7-17(6-2)8-10-18/h7-10,15,19H,5-6,11-14H2,1-4H3,(H2,23,24,27)/t15-/m1/s1. The lowest BCUT2D eigenvalue weighted by molar-refractivity contribution is 0.223. The number of carbonyl (C=O) groups is 1. The van der Waals surface area contributed by atoms with Gasteiger partial charge in [0.05, 0.1) is 0 Å². The predicted molar refractivity (Wildman–Crippen MR) is 121 cm³/mol. The number of urea groups is 1. The number of amidine groups is 1. The summed E-state index contributed by atoms with van der Waals surface area (Å²) in [5.41, 5.74) is 2.54. The number of aryl methyl sites for hydroxylation is 1. The molecule has 30 heavy (non-hydrogen) atoms. The number of nitrogens with zero attached hydrogens (tertiary/aromatic N) is 2. The summed E-state index contributed by atoms with van der Waals surface area (Å²) in [6.45, 7) is 9.21. The van der Waals surface area contributed by atoms with Crippen LogP contribution in [0.1, 0.15) is 58.1 Å². The molecule has 164 valence electrons. The van der Waals surface area contributed by atoms with E-state index >= 15 is 0 Å². The molecular weight excluding hydrogens is 400 g/mol. The number of amides is 2. The van der Waals surface area contributed by atoms with E-state index in [2.05, 4.69) is 22.0 Å². The molecular formula is C22H32N4O3S. The highest BCUT2D eigenvalue weighted by molar-refractivity contribution is 8.00. The van der Waals surface area contributed by atoms with Gasteiger partial charge in [0.25, 0.3) is 10.0 Å². The Bertz CT molecular complexity index is 943. The zero-order valence-electron chi connectivity index (χ0n) is 18.2. The van der Waals surface area contributed by atoms with E-state index in [1.807, 2.05) is 49.9 Å². The average Bonchev–Trinajstić information content (AvgIpc) is 2.97. The van der Waals surface area contributed by atoms with Crippen molar-refractivity contribution in [1.82, 2.24) is 15.5 Å². The normalized spacial score (nSPS) is 20.1. The summed E-state index contributed by atoms with van der Waals surface area (Å²) in [6, 6.07) is 7.72. The van der Waals surface area contributed by atoms with Crippen molar-refractivity contribution in [3.05, 3.63) is 41.0 Å². The number of hydrogen-bond acceptors (Lipinski definition) is 4. The summed E-state index contributed by atoms with van der Waals surface area (Å²) >= 11 is 0. The summed E-state index contributed by atoms with van der Waals surface area (Å²) < 4.78 is 29.7. The zero-order valence-corrected chi connectivity index (χ0v) is 19.1. The maximum atomic E-state index is 12.8. The minimum absolute atomic E-state index is 0.0780. The first-order valence-corrected chi connectivity index (χ1v) is 12.2. The summed E-state index contributed by atoms with van der Waals surface area (Å²) in [6.07, 6.45) is 3.29. The molecule has 3 rings (SSSR count). The number of sulfonamides is 1. The van der Waals surface area contributed by atoms with E-state index < -0.39 is 10.0 Å². The van der Waals surface area contributed by atoms with Crippen LogP contribution in [0.5, 0.6) is 0 Å². The summed E-state index contributed by atoms with van der Waals surface area (Å²) in [5, 5.41) is 5.94. The van der Waals surface area contributed by atoms with Crippen LogP contribution in [0.25, 0.3) is 4.91 Å². The third-order valence-corrected chi connectivity index (χ3v) is 7.36. The van der Waals surface area contributed by atoms with Crippen molar-refractivity contribution in [1.29, 1.82) is 0 Å². The second kappa shape index (κ2) is 9.20. The lowest BCUT2D eigenvalue weighted by atomic mass is 10.0. The fourth-order valence-electron chi connectivity index (χ4n) is 3.86. The molecule has 1 saturated heterocycles. The van der Waals surface area contributed by atoms with E-state index in [9.17, 15) is 13.2 Å². The van der Waals surface area contributed by atoms with Crippen molar-refractivity contribution >= 4 is 26.8 Å². The Kier molecular flexibility index (Phi) is 6.85. The lowest BCUT2D eigenvalue weighted by Gasteiger charge is -2.34. The number of piperidine rings is 1. The van der Waals surface area contributed by atoms with Gasteiger partial charge in [-0.2, -0.15) is 8.42 Å². The molecule has 2 aliphatic heterocycles. The van der Waals surface area contributed by atoms with Crippen LogP contribution in [0.3, 0.4) is 0 Å². The Hall–Kier alpha value is -2.35. The van der Waals surface area contributed by atoms with Gasteiger partial charge in [0.2, 0.25) is 0 Å². The smallest absolute Gasteiger partial charge is 0.315 e. The number of rotatable bonds is 5. The highest BCUT2D eigenvalue weighted by Gasteiger charge is 2.35. The molecule has 0 aromatic heterocycles. The van der Waals surface area contributed by atoms with Gasteiger partial charge in [-0.1, -0.05) is 38.1 Å². The highest BCUT2D eigenvalue weighted by Crippen LogP contribution is 2.34. The molecule has 1 aromatic carbocycles. The Morgan fingerprint density at radius 3 is 2.40 bits per heavy atom. The van der Waals surface area contributed by atoms with Crippen molar-refractivity contribution in [2.45, 2.75) is 65.5 Å². The van der Waals surface area contributed by atoms with Crippen LogP contribution in [0.15, 0.2) is 34.2 Å². The van der Waals surface area contributed by atoms with Crippen molar-refractivity contribution in [3.8, 4) is 0 Å². The van der Waals surface area contributed by atoms with Crippen LogP contribution >= 0.6 is 0 Å². The molecule has 0 saturated carbocycles. The molecule has 0 unspecified atom stereocenters. The van der Waals surface area contributed by atoms with Crippen LogP contribution in [-0.4, -0.2) is 50.4 Å². The second-order valence-electron chi connectivity index (χ2n) is 8.08. The maximum absolute atomic E-state index is 12.8. The molecule has 2 aliphatic rings. The SMILES string of the molecule is CCc1ccc(C2=C(C)C(N3CCC(NC(=O)N[C@H](C)CC)CC3)=NS2(=O)=O)cc1. The van der Waals surface area contributed by atoms with E-state index in [4.69, 9.17) is 0 Å². The first-order chi connectivity index (χ1) is 14.2. The molecule has 2 N–H and O–H groups in total. The Morgan fingerprint density at radius 1 is 1.20 bits per heavy atom.